The van der Waals surface area contributed by atoms with Crippen molar-refractivity contribution in [1.29, 1.82) is 0 Å². The minimum absolute atomic E-state index is 0.0613. The number of carbonyl (C=O) groups excluding carboxylic acids is 2. The number of nitrogens with zero attached hydrogens (tertiary/aromatic N) is 2. The van der Waals surface area contributed by atoms with Gasteiger partial charge in [-0.3, -0.25) is 24.6 Å². The van der Waals surface area contributed by atoms with Gasteiger partial charge in [0, 0.05) is 42.2 Å². The monoisotopic (exact) mass is 380 g/mol. The maximum Gasteiger partial charge on any atom is 0.271 e. The Labute approximate surface area is 160 Å². The molecule has 6 nitrogen and oxygen atoms in total. The summed E-state index contributed by atoms with van der Waals surface area (Å²) in [7, 11) is 0. The molecule has 142 valence electrons. The summed E-state index contributed by atoms with van der Waals surface area (Å²) in [5, 5.41) is 11.1. The molecular weight excluding hydrogens is 363 g/mol. The van der Waals surface area contributed by atoms with E-state index in [0.29, 0.717) is 41.8 Å². The first-order valence-corrected chi connectivity index (χ1v) is 9.05. The standard InChI is InChI=1S/C21H17FN2O4/c22-17-8-2-1-7-15(17)16-12-20(26)23(18-9-4-10-19(25)21(16)18)13-5-3-6-14(11-13)24(27)28/h1-3,5-8,11,16H,4,9-10,12H2. The van der Waals surface area contributed by atoms with Crippen LogP contribution in [-0.2, 0) is 9.59 Å². The van der Waals surface area contributed by atoms with Gasteiger partial charge in [0.1, 0.15) is 5.82 Å². The highest BCUT2D eigenvalue weighted by atomic mass is 19.1. The van der Waals surface area contributed by atoms with Crippen LogP contribution in [0.25, 0.3) is 0 Å². The molecular formula is C21H17FN2O4. The number of halogens is 1. The molecule has 0 aromatic heterocycles. The van der Waals surface area contributed by atoms with Gasteiger partial charge in [-0.2, -0.15) is 0 Å². The Balaban J connectivity index is 1.88. The number of allylic oxidation sites excluding steroid dienone is 2. The Hall–Kier alpha value is -3.35. The van der Waals surface area contributed by atoms with Gasteiger partial charge >= 0.3 is 0 Å². The normalized spacial score (nSPS) is 19.6. The first-order valence-electron chi connectivity index (χ1n) is 9.05. The maximum atomic E-state index is 14.4. The Bertz CT molecular complexity index is 1030. The largest absolute Gasteiger partial charge is 0.294 e. The number of nitro groups is 1. The van der Waals surface area contributed by atoms with Crippen molar-refractivity contribution in [3.8, 4) is 0 Å². The summed E-state index contributed by atoms with van der Waals surface area (Å²) in [5.41, 5.74) is 1.53. The molecule has 2 aliphatic rings. The van der Waals surface area contributed by atoms with Gasteiger partial charge in [0.15, 0.2) is 5.78 Å². The number of anilines is 1. The zero-order valence-corrected chi connectivity index (χ0v) is 14.9. The van der Waals surface area contributed by atoms with Crippen LogP contribution in [0.4, 0.5) is 15.8 Å². The lowest BCUT2D eigenvalue weighted by molar-refractivity contribution is -0.384. The van der Waals surface area contributed by atoms with E-state index in [1.807, 2.05) is 0 Å². The van der Waals surface area contributed by atoms with Crippen molar-refractivity contribution in [2.45, 2.75) is 31.6 Å². The average molecular weight is 380 g/mol. The molecule has 0 saturated carbocycles. The van der Waals surface area contributed by atoms with E-state index in [2.05, 4.69) is 0 Å². The quantitative estimate of drug-likeness (QED) is 0.589. The van der Waals surface area contributed by atoms with Crippen LogP contribution in [0.5, 0.6) is 0 Å². The summed E-state index contributed by atoms with van der Waals surface area (Å²) >= 11 is 0. The molecule has 28 heavy (non-hydrogen) atoms. The number of nitro benzene ring substituents is 1. The number of hydrogen-bond acceptors (Lipinski definition) is 4. The summed E-state index contributed by atoms with van der Waals surface area (Å²) in [6.07, 6.45) is 1.36. The summed E-state index contributed by atoms with van der Waals surface area (Å²) in [6.45, 7) is 0. The number of Topliss-reactive ketones (excluding diaryl/α,β-unsaturated/α-hetero) is 1. The van der Waals surface area contributed by atoms with E-state index < -0.39 is 16.7 Å². The smallest absolute Gasteiger partial charge is 0.271 e. The molecule has 1 atom stereocenters. The molecule has 0 saturated heterocycles. The van der Waals surface area contributed by atoms with Crippen LogP contribution in [0.3, 0.4) is 0 Å². The predicted octanol–water partition coefficient (Wildman–Crippen LogP) is 4.26. The lowest BCUT2D eigenvalue weighted by Crippen LogP contribution is -2.40. The van der Waals surface area contributed by atoms with Gasteiger partial charge in [0.2, 0.25) is 5.91 Å². The van der Waals surface area contributed by atoms with Crippen LogP contribution in [0, 0.1) is 15.9 Å². The molecule has 2 aromatic rings. The minimum Gasteiger partial charge on any atom is -0.294 e. The number of rotatable bonds is 3. The molecule has 0 bridgehead atoms. The number of amides is 1. The zero-order valence-electron chi connectivity index (χ0n) is 14.9. The fraction of sp³-hybridized carbons (Fsp3) is 0.238. The van der Waals surface area contributed by atoms with Crippen molar-refractivity contribution in [2.24, 2.45) is 0 Å². The zero-order chi connectivity index (χ0) is 19.8. The van der Waals surface area contributed by atoms with Gasteiger partial charge < -0.3 is 0 Å². The van der Waals surface area contributed by atoms with Gasteiger partial charge in [0.05, 0.1) is 10.6 Å². The van der Waals surface area contributed by atoms with E-state index in [0.717, 1.165) is 0 Å². The molecule has 1 aliphatic carbocycles. The molecule has 7 heteroatoms. The summed E-state index contributed by atoms with van der Waals surface area (Å²) in [5.74, 6) is -1.49. The number of non-ortho nitro benzene ring substituents is 1. The average Bonchev–Trinajstić information content (AvgIpc) is 2.68. The van der Waals surface area contributed by atoms with Gasteiger partial charge in [-0.1, -0.05) is 24.3 Å². The van der Waals surface area contributed by atoms with Crippen molar-refractivity contribution in [2.75, 3.05) is 4.90 Å². The molecule has 4 rings (SSSR count). The predicted molar refractivity (Wildman–Crippen MR) is 100 cm³/mol. The highest BCUT2D eigenvalue weighted by Crippen LogP contribution is 2.44. The highest BCUT2D eigenvalue weighted by molar-refractivity contribution is 6.07. The molecule has 1 amide bonds. The molecule has 0 spiro atoms. The van der Waals surface area contributed by atoms with Crippen LogP contribution >= 0.6 is 0 Å². The molecule has 2 aromatic carbocycles. The van der Waals surface area contributed by atoms with Gasteiger partial charge in [0.25, 0.3) is 5.69 Å². The molecule has 1 heterocycles. The van der Waals surface area contributed by atoms with Crippen molar-refractivity contribution >= 4 is 23.1 Å². The van der Waals surface area contributed by atoms with Gasteiger partial charge in [-0.25, -0.2) is 4.39 Å². The summed E-state index contributed by atoms with van der Waals surface area (Å²) < 4.78 is 14.4. The fourth-order valence-electron chi connectivity index (χ4n) is 4.06. The second kappa shape index (κ2) is 6.99. The van der Waals surface area contributed by atoms with E-state index >= 15 is 0 Å². The highest BCUT2D eigenvalue weighted by Gasteiger charge is 2.40. The number of carbonyl (C=O) groups is 2. The van der Waals surface area contributed by atoms with E-state index in [4.69, 9.17) is 0 Å². The fourth-order valence-corrected chi connectivity index (χ4v) is 4.06. The van der Waals surface area contributed by atoms with Crippen LogP contribution in [0.2, 0.25) is 0 Å². The lowest BCUT2D eigenvalue weighted by atomic mass is 9.77. The van der Waals surface area contributed by atoms with Crippen LogP contribution in [-0.4, -0.2) is 16.6 Å². The first kappa shape index (κ1) is 18.0. The van der Waals surface area contributed by atoms with Crippen molar-refractivity contribution in [3.63, 3.8) is 0 Å². The summed E-state index contributed by atoms with van der Waals surface area (Å²) in [4.78, 5) is 37.8. The molecule has 0 fully saturated rings. The second-order valence-corrected chi connectivity index (χ2v) is 6.92. The van der Waals surface area contributed by atoms with E-state index in [-0.39, 0.29) is 23.8 Å². The third kappa shape index (κ3) is 2.98. The third-order valence-electron chi connectivity index (χ3n) is 5.25. The Morgan fingerprint density at radius 2 is 1.86 bits per heavy atom. The SMILES string of the molecule is O=C1CCCC2=C1C(c1ccccc1F)CC(=O)N2c1cccc([N+](=O)[O-])c1. The second-order valence-electron chi connectivity index (χ2n) is 6.92. The van der Waals surface area contributed by atoms with E-state index in [9.17, 15) is 24.1 Å². The Morgan fingerprint density at radius 1 is 1.07 bits per heavy atom. The lowest BCUT2D eigenvalue weighted by Gasteiger charge is -2.38. The van der Waals surface area contributed by atoms with Crippen molar-refractivity contribution in [3.05, 3.63) is 81.3 Å². The Morgan fingerprint density at radius 3 is 2.61 bits per heavy atom. The number of benzene rings is 2. The van der Waals surface area contributed by atoms with Gasteiger partial charge in [-0.05, 0) is 30.5 Å². The molecule has 1 unspecified atom stereocenters. The summed E-state index contributed by atoms with van der Waals surface area (Å²) in [6, 6.07) is 12.0. The maximum absolute atomic E-state index is 14.4. The Kier molecular flexibility index (Phi) is 4.50. The van der Waals surface area contributed by atoms with Crippen molar-refractivity contribution in [1.82, 2.24) is 0 Å². The van der Waals surface area contributed by atoms with E-state index in [1.54, 1.807) is 24.3 Å². The molecule has 1 aliphatic heterocycles. The van der Waals surface area contributed by atoms with Crippen molar-refractivity contribution < 1.29 is 18.9 Å². The number of hydrogen-bond donors (Lipinski definition) is 0. The van der Waals surface area contributed by atoms with Crippen LogP contribution in [0.15, 0.2) is 59.8 Å². The van der Waals surface area contributed by atoms with Crippen LogP contribution < -0.4 is 4.90 Å². The molecule has 0 radical (unpaired) electrons. The topological polar surface area (TPSA) is 80.5 Å². The van der Waals surface area contributed by atoms with Gasteiger partial charge in [-0.15, -0.1) is 0 Å². The third-order valence-corrected chi connectivity index (χ3v) is 5.25. The number of ketones is 1. The molecule has 0 N–H and O–H groups in total. The van der Waals surface area contributed by atoms with Crippen LogP contribution in [0.1, 0.15) is 37.2 Å². The minimum atomic E-state index is -0.633. The van der Waals surface area contributed by atoms with E-state index in [1.165, 1.54) is 29.2 Å². The first-order chi connectivity index (χ1) is 13.5.